The first-order valence-electron chi connectivity index (χ1n) is 6.69. The summed E-state index contributed by atoms with van der Waals surface area (Å²) in [6.45, 7) is 3.30. The van der Waals surface area contributed by atoms with Crippen LogP contribution in [-0.4, -0.2) is 21.5 Å². The molecule has 4 N–H and O–H groups in total. The molecule has 21 heavy (non-hydrogen) atoms. The molecular formula is C14H16ClN5S. The molecular weight excluding hydrogens is 306 g/mol. The van der Waals surface area contributed by atoms with Gasteiger partial charge >= 0.3 is 0 Å². The minimum Gasteiger partial charge on any atom is -0.377 e. The fraction of sp³-hybridized carbons (Fsp3) is 0.286. The Bertz CT molecular complexity index is 750. The average Bonchev–Trinajstić information content (AvgIpc) is 3.07. The largest absolute Gasteiger partial charge is 0.377 e. The van der Waals surface area contributed by atoms with E-state index in [1.807, 2.05) is 18.4 Å². The lowest BCUT2D eigenvalue weighted by atomic mass is 10.2. The third-order valence-electron chi connectivity index (χ3n) is 3.38. The van der Waals surface area contributed by atoms with Crippen LogP contribution < -0.4 is 11.1 Å². The summed E-state index contributed by atoms with van der Waals surface area (Å²) in [5, 5.41) is 6.84. The number of anilines is 1. The van der Waals surface area contributed by atoms with Gasteiger partial charge in [-0.05, 0) is 19.0 Å². The summed E-state index contributed by atoms with van der Waals surface area (Å²) in [6, 6.07) is 1.83. The first-order chi connectivity index (χ1) is 10.2. The van der Waals surface area contributed by atoms with E-state index in [0.717, 1.165) is 39.4 Å². The van der Waals surface area contributed by atoms with Gasteiger partial charge in [-0.2, -0.15) is 0 Å². The molecule has 3 aromatic rings. The number of nitrogens with one attached hydrogen (secondary N) is 2. The second-order valence-corrected chi connectivity index (χ2v) is 6.13. The highest BCUT2D eigenvalue weighted by atomic mass is 35.5. The van der Waals surface area contributed by atoms with Crippen LogP contribution in [0.3, 0.4) is 0 Å². The topological polar surface area (TPSA) is 79.6 Å². The summed E-state index contributed by atoms with van der Waals surface area (Å²) in [6.07, 6.45) is 2.60. The van der Waals surface area contributed by atoms with Gasteiger partial charge in [0.05, 0.1) is 23.3 Å². The van der Waals surface area contributed by atoms with Crippen molar-refractivity contribution < 1.29 is 0 Å². The number of aromatic nitrogens is 3. The molecule has 0 saturated carbocycles. The quantitative estimate of drug-likeness (QED) is 0.631. The van der Waals surface area contributed by atoms with E-state index >= 15 is 0 Å². The Balaban J connectivity index is 1.98. The summed E-state index contributed by atoms with van der Waals surface area (Å²) >= 11 is 7.76. The lowest BCUT2D eigenvalue weighted by molar-refractivity contribution is 0.929. The maximum Gasteiger partial charge on any atom is 0.131 e. The van der Waals surface area contributed by atoms with Crippen molar-refractivity contribution in [1.82, 2.24) is 15.0 Å². The Morgan fingerprint density at radius 3 is 3.05 bits per heavy atom. The van der Waals surface area contributed by atoms with Crippen LogP contribution in [0.2, 0.25) is 5.15 Å². The molecule has 0 aliphatic heterocycles. The smallest absolute Gasteiger partial charge is 0.131 e. The lowest BCUT2D eigenvalue weighted by Gasteiger charge is -2.06. The zero-order valence-electron chi connectivity index (χ0n) is 11.6. The van der Waals surface area contributed by atoms with Crippen molar-refractivity contribution in [2.75, 3.05) is 11.9 Å². The van der Waals surface area contributed by atoms with E-state index in [1.165, 1.54) is 0 Å². The minimum atomic E-state index is 0.477. The van der Waals surface area contributed by atoms with E-state index in [-0.39, 0.29) is 0 Å². The van der Waals surface area contributed by atoms with Gasteiger partial charge < -0.3 is 16.0 Å². The number of fused-ring (bicyclic) bond motifs is 1. The number of nitrogens with zero attached hydrogens (tertiary/aromatic N) is 2. The van der Waals surface area contributed by atoms with Crippen molar-refractivity contribution in [3.8, 4) is 0 Å². The number of pyridine rings is 1. The molecule has 5 nitrogen and oxygen atoms in total. The van der Waals surface area contributed by atoms with Crippen molar-refractivity contribution in [2.24, 2.45) is 5.73 Å². The Morgan fingerprint density at radius 1 is 1.48 bits per heavy atom. The molecule has 0 spiro atoms. The number of hydrogen-bond acceptors (Lipinski definition) is 5. The second-order valence-electron chi connectivity index (χ2n) is 4.76. The minimum absolute atomic E-state index is 0.477. The highest BCUT2D eigenvalue weighted by molar-refractivity contribution is 7.09. The van der Waals surface area contributed by atoms with Gasteiger partial charge in [0.2, 0.25) is 0 Å². The third-order valence-corrected chi connectivity index (χ3v) is 4.35. The van der Waals surface area contributed by atoms with Crippen LogP contribution in [0.25, 0.3) is 11.0 Å². The van der Waals surface area contributed by atoms with Gasteiger partial charge in [-0.1, -0.05) is 11.6 Å². The van der Waals surface area contributed by atoms with E-state index in [9.17, 15) is 0 Å². The Kier molecular flexibility index (Phi) is 4.10. The number of H-pyrrole nitrogens is 1. The molecule has 0 atom stereocenters. The second kappa shape index (κ2) is 6.01. The summed E-state index contributed by atoms with van der Waals surface area (Å²) < 4.78 is 0. The monoisotopic (exact) mass is 321 g/mol. The first kappa shape index (κ1) is 14.3. The van der Waals surface area contributed by atoms with Crippen LogP contribution in [0.4, 0.5) is 5.69 Å². The normalized spacial score (nSPS) is 11.2. The summed E-state index contributed by atoms with van der Waals surface area (Å²) in [4.78, 5) is 12.1. The number of hydrogen-bond donors (Lipinski definition) is 3. The van der Waals surface area contributed by atoms with Gasteiger partial charge in [0.15, 0.2) is 0 Å². The lowest BCUT2D eigenvalue weighted by Crippen LogP contribution is -2.03. The van der Waals surface area contributed by atoms with Gasteiger partial charge in [-0.15, -0.1) is 11.3 Å². The van der Waals surface area contributed by atoms with Crippen molar-refractivity contribution in [3.05, 3.63) is 39.1 Å². The molecule has 3 heterocycles. The molecule has 0 bridgehead atoms. The molecule has 7 heteroatoms. The number of aryl methyl sites for hydroxylation is 1. The van der Waals surface area contributed by atoms with E-state index in [0.29, 0.717) is 18.2 Å². The molecule has 0 aliphatic rings. The van der Waals surface area contributed by atoms with Crippen LogP contribution in [-0.2, 0) is 13.0 Å². The fourth-order valence-electron chi connectivity index (χ4n) is 2.34. The number of rotatable bonds is 5. The van der Waals surface area contributed by atoms with Crippen LogP contribution in [0.5, 0.6) is 0 Å². The molecule has 0 fully saturated rings. The van der Waals surface area contributed by atoms with E-state index in [1.54, 1.807) is 17.5 Å². The van der Waals surface area contributed by atoms with Crippen molar-refractivity contribution in [2.45, 2.75) is 19.9 Å². The van der Waals surface area contributed by atoms with E-state index in [4.69, 9.17) is 17.3 Å². The Hall–Kier alpha value is -1.63. The number of thiazole rings is 1. The highest BCUT2D eigenvalue weighted by Crippen LogP contribution is 2.29. The molecule has 0 radical (unpaired) electrons. The van der Waals surface area contributed by atoms with Crippen molar-refractivity contribution >= 4 is 39.7 Å². The fourth-order valence-corrected chi connectivity index (χ4v) is 3.09. The molecule has 0 unspecified atom stereocenters. The van der Waals surface area contributed by atoms with Crippen LogP contribution in [0, 0.1) is 6.92 Å². The number of halogens is 1. The molecule has 0 aromatic carbocycles. The highest BCUT2D eigenvalue weighted by Gasteiger charge is 2.13. The summed E-state index contributed by atoms with van der Waals surface area (Å²) in [5.41, 5.74) is 10.7. The predicted octanol–water partition coefficient (Wildman–Crippen LogP) is 3.09. The summed E-state index contributed by atoms with van der Waals surface area (Å²) in [5.74, 6) is 0. The standard InChI is InChI=1S/C14H16ClN5S/c1-8-9(2-3-16)19-14-10(6-11(15)20-13(8)14)18-7-12-17-4-5-21-12/h4-6,19H,2-3,7,16H2,1H3,(H,18,20). The zero-order valence-corrected chi connectivity index (χ0v) is 13.2. The average molecular weight is 322 g/mol. The zero-order chi connectivity index (χ0) is 14.8. The Morgan fingerprint density at radius 2 is 2.33 bits per heavy atom. The van der Waals surface area contributed by atoms with Crippen molar-refractivity contribution in [1.29, 1.82) is 0 Å². The van der Waals surface area contributed by atoms with Crippen LogP contribution in [0.15, 0.2) is 17.6 Å². The summed E-state index contributed by atoms with van der Waals surface area (Å²) in [7, 11) is 0. The SMILES string of the molecule is Cc1c(CCN)[nH]c2c(NCc3nccs3)cc(Cl)nc12. The Labute approximate surface area is 131 Å². The van der Waals surface area contributed by atoms with Gasteiger partial charge in [0.1, 0.15) is 10.2 Å². The van der Waals surface area contributed by atoms with Crippen molar-refractivity contribution in [3.63, 3.8) is 0 Å². The van der Waals surface area contributed by atoms with Gasteiger partial charge in [0, 0.05) is 29.8 Å². The first-order valence-corrected chi connectivity index (χ1v) is 7.95. The van der Waals surface area contributed by atoms with Gasteiger partial charge in [-0.3, -0.25) is 0 Å². The third kappa shape index (κ3) is 2.88. The maximum atomic E-state index is 6.14. The van der Waals surface area contributed by atoms with Crippen LogP contribution >= 0.6 is 22.9 Å². The molecule has 0 aliphatic carbocycles. The van der Waals surface area contributed by atoms with Crippen LogP contribution in [0.1, 0.15) is 16.3 Å². The van der Waals surface area contributed by atoms with E-state index in [2.05, 4.69) is 20.3 Å². The van der Waals surface area contributed by atoms with Gasteiger partial charge in [-0.25, -0.2) is 9.97 Å². The van der Waals surface area contributed by atoms with Gasteiger partial charge in [0.25, 0.3) is 0 Å². The number of aromatic amines is 1. The molecule has 0 saturated heterocycles. The molecule has 110 valence electrons. The number of nitrogens with two attached hydrogens (primary N) is 1. The molecule has 3 rings (SSSR count). The molecule has 0 amide bonds. The predicted molar refractivity (Wildman–Crippen MR) is 88.0 cm³/mol. The van der Waals surface area contributed by atoms with E-state index < -0.39 is 0 Å². The molecule has 3 aromatic heterocycles. The maximum absolute atomic E-state index is 6.14.